The number of nitrogens with one attached hydrogen (secondary N) is 1. The SMILES string of the molecule is CC(CO)(CO)NCCCN1CCCC1. The zero-order valence-corrected chi connectivity index (χ0v) is 9.71. The smallest absolute Gasteiger partial charge is 0.0633 e. The largest absolute Gasteiger partial charge is 0.394 e. The highest BCUT2D eigenvalue weighted by molar-refractivity contribution is 4.81. The Labute approximate surface area is 92.3 Å². The molecule has 4 heteroatoms. The second kappa shape index (κ2) is 6.43. The molecule has 0 aliphatic carbocycles. The number of hydrogen-bond acceptors (Lipinski definition) is 4. The van der Waals surface area contributed by atoms with Gasteiger partial charge in [0, 0.05) is 0 Å². The summed E-state index contributed by atoms with van der Waals surface area (Å²) in [7, 11) is 0. The molecule has 3 N–H and O–H groups in total. The van der Waals surface area contributed by atoms with E-state index in [-0.39, 0.29) is 13.2 Å². The van der Waals surface area contributed by atoms with E-state index in [0.717, 1.165) is 19.5 Å². The van der Waals surface area contributed by atoms with Crippen LogP contribution in [0.4, 0.5) is 0 Å². The fourth-order valence-corrected chi connectivity index (χ4v) is 1.86. The monoisotopic (exact) mass is 216 g/mol. The second-order valence-corrected chi connectivity index (χ2v) is 4.71. The summed E-state index contributed by atoms with van der Waals surface area (Å²) < 4.78 is 0. The van der Waals surface area contributed by atoms with Gasteiger partial charge in [-0.05, 0) is 52.4 Å². The van der Waals surface area contributed by atoms with Gasteiger partial charge >= 0.3 is 0 Å². The molecule has 0 bridgehead atoms. The molecule has 0 aromatic carbocycles. The van der Waals surface area contributed by atoms with Gasteiger partial charge in [0.25, 0.3) is 0 Å². The Bertz CT molecular complexity index is 166. The molecule has 0 atom stereocenters. The van der Waals surface area contributed by atoms with Crippen LogP contribution in [0, 0.1) is 0 Å². The van der Waals surface area contributed by atoms with E-state index in [4.69, 9.17) is 10.2 Å². The van der Waals surface area contributed by atoms with E-state index in [1.807, 2.05) is 6.92 Å². The van der Waals surface area contributed by atoms with Gasteiger partial charge in [-0.15, -0.1) is 0 Å². The van der Waals surface area contributed by atoms with Crippen molar-refractivity contribution in [2.24, 2.45) is 0 Å². The summed E-state index contributed by atoms with van der Waals surface area (Å²) in [5, 5.41) is 21.3. The van der Waals surface area contributed by atoms with Crippen LogP contribution >= 0.6 is 0 Å². The van der Waals surface area contributed by atoms with Crippen molar-refractivity contribution in [3.8, 4) is 0 Å². The standard InChI is InChI=1S/C11H24N2O2/c1-11(9-14,10-15)12-5-4-8-13-6-2-3-7-13/h12,14-15H,2-10H2,1H3. The minimum absolute atomic E-state index is 0.0206. The highest BCUT2D eigenvalue weighted by atomic mass is 16.3. The van der Waals surface area contributed by atoms with Crippen molar-refractivity contribution < 1.29 is 10.2 Å². The maximum atomic E-state index is 9.06. The number of rotatable bonds is 7. The van der Waals surface area contributed by atoms with Crippen LogP contribution in [-0.2, 0) is 0 Å². The molecule has 90 valence electrons. The van der Waals surface area contributed by atoms with Crippen LogP contribution in [0.3, 0.4) is 0 Å². The third-order valence-corrected chi connectivity index (χ3v) is 3.10. The third-order valence-electron chi connectivity index (χ3n) is 3.10. The second-order valence-electron chi connectivity index (χ2n) is 4.71. The van der Waals surface area contributed by atoms with Crippen molar-refractivity contribution in [2.75, 3.05) is 39.4 Å². The Morgan fingerprint density at radius 1 is 1.20 bits per heavy atom. The molecule has 1 heterocycles. The van der Waals surface area contributed by atoms with Crippen molar-refractivity contribution in [3.63, 3.8) is 0 Å². The van der Waals surface area contributed by atoms with Gasteiger partial charge < -0.3 is 20.4 Å². The van der Waals surface area contributed by atoms with E-state index in [1.54, 1.807) is 0 Å². The van der Waals surface area contributed by atoms with Crippen LogP contribution in [0.25, 0.3) is 0 Å². The Morgan fingerprint density at radius 3 is 2.33 bits per heavy atom. The van der Waals surface area contributed by atoms with Crippen LogP contribution < -0.4 is 5.32 Å². The molecule has 0 aromatic rings. The molecule has 0 saturated carbocycles. The van der Waals surface area contributed by atoms with Gasteiger partial charge in [0.15, 0.2) is 0 Å². The molecule has 0 spiro atoms. The van der Waals surface area contributed by atoms with Crippen molar-refractivity contribution in [3.05, 3.63) is 0 Å². The lowest BCUT2D eigenvalue weighted by molar-refractivity contribution is 0.103. The lowest BCUT2D eigenvalue weighted by Crippen LogP contribution is -2.49. The predicted octanol–water partition coefficient (Wildman–Crippen LogP) is -0.195. The Balaban J connectivity index is 2.04. The highest BCUT2D eigenvalue weighted by Gasteiger charge is 2.20. The van der Waals surface area contributed by atoms with E-state index in [1.165, 1.54) is 25.9 Å². The number of likely N-dealkylation sites (tertiary alicyclic amines) is 1. The quantitative estimate of drug-likeness (QED) is 0.516. The summed E-state index contributed by atoms with van der Waals surface area (Å²) in [4.78, 5) is 2.47. The van der Waals surface area contributed by atoms with Crippen LogP contribution in [0.1, 0.15) is 26.2 Å². The summed E-state index contributed by atoms with van der Waals surface area (Å²) in [6.45, 7) is 6.24. The number of nitrogens with zero attached hydrogens (tertiary/aromatic N) is 1. The maximum Gasteiger partial charge on any atom is 0.0633 e. The average molecular weight is 216 g/mol. The topological polar surface area (TPSA) is 55.7 Å². The molecule has 1 saturated heterocycles. The first kappa shape index (κ1) is 12.9. The molecule has 0 amide bonds. The molecule has 4 nitrogen and oxygen atoms in total. The fraction of sp³-hybridized carbons (Fsp3) is 1.00. The number of aliphatic hydroxyl groups is 2. The first-order valence-corrected chi connectivity index (χ1v) is 5.89. The van der Waals surface area contributed by atoms with Gasteiger partial charge in [0.05, 0.1) is 18.8 Å². The van der Waals surface area contributed by atoms with E-state index in [9.17, 15) is 0 Å². The summed E-state index contributed by atoms with van der Waals surface area (Å²) >= 11 is 0. The normalized spacial score (nSPS) is 18.6. The molecule has 0 aromatic heterocycles. The molecule has 15 heavy (non-hydrogen) atoms. The summed E-state index contributed by atoms with van der Waals surface area (Å²) in [5.74, 6) is 0. The Hall–Kier alpha value is -0.160. The van der Waals surface area contributed by atoms with E-state index in [2.05, 4.69) is 10.2 Å². The first-order valence-electron chi connectivity index (χ1n) is 5.89. The Morgan fingerprint density at radius 2 is 1.80 bits per heavy atom. The van der Waals surface area contributed by atoms with Crippen LogP contribution in [0.5, 0.6) is 0 Å². The molecular formula is C11H24N2O2. The number of hydrogen-bond donors (Lipinski definition) is 3. The maximum absolute atomic E-state index is 9.06. The fourth-order valence-electron chi connectivity index (χ4n) is 1.86. The van der Waals surface area contributed by atoms with Gasteiger partial charge in [-0.3, -0.25) is 0 Å². The highest BCUT2D eigenvalue weighted by Crippen LogP contribution is 2.07. The molecule has 0 unspecified atom stereocenters. The van der Waals surface area contributed by atoms with Gasteiger partial charge in [-0.25, -0.2) is 0 Å². The average Bonchev–Trinajstić information content (AvgIpc) is 2.77. The van der Waals surface area contributed by atoms with E-state index in [0.29, 0.717) is 0 Å². The molecule has 1 aliphatic heterocycles. The minimum Gasteiger partial charge on any atom is -0.394 e. The van der Waals surface area contributed by atoms with Crippen LogP contribution in [-0.4, -0.2) is 60.0 Å². The van der Waals surface area contributed by atoms with E-state index < -0.39 is 5.54 Å². The first-order chi connectivity index (χ1) is 7.20. The third kappa shape index (κ3) is 4.47. The lowest BCUT2D eigenvalue weighted by atomic mass is 10.1. The minimum atomic E-state index is -0.523. The molecule has 1 fully saturated rings. The van der Waals surface area contributed by atoms with E-state index >= 15 is 0 Å². The molecule has 1 aliphatic rings. The van der Waals surface area contributed by atoms with Crippen molar-refractivity contribution in [1.29, 1.82) is 0 Å². The molecule has 1 rings (SSSR count). The lowest BCUT2D eigenvalue weighted by Gasteiger charge is -2.26. The predicted molar refractivity (Wildman–Crippen MR) is 60.9 cm³/mol. The van der Waals surface area contributed by atoms with Crippen molar-refractivity contribution in [1.82, 2.24) is 10.2 Å². The van der Waals surface area contributed by atoms with Crippen molar-refractivity contribution >= 4 is 0 Å². The zero-order valence-electron chi connectivity index (χ0n) is 9.71. The van der Waals surface area contributed by atoms with Crippen LogP contribution in [0.2, 0.25) is 0 Å². The van der Waals surface area contributed by atoms with Gasteiger partial charge in [-0.2, -0.15) is 0 Å². The molecule has 0 radical (unpaired) electrons. The summed E-state index contributed by atoms with van der Waals surface area (Å²) in [6.07, 6.45) is 3.74. The van der Waals surface area contributed by atoms with Gasteiger partial charge in [0.1, 0.15) is 0 Å². The summed E-state index contributed by atoms with van der Waals surface area (Å²) in [6, 6.07) is 0. The molecular weight excluding hydrogens is 192 g/mol. The Kier molecular flexibility index (Phi) is 5.53. The van der Waals surface area contributed by atoms with Crippen LogP contribution in [0.15, 0.2) is 0 Å². The summed E-state index contributed by atoms with van der Waals surface area (Å²) in [5.41, 5.74) is -0.523. The number of aliphatic hydroxyl groups excluding tert-OH is 2. The zero-order chi connectivity index (χ0) is 11.1. The van der Waals surface area contributed by atoms with Gasteiger partial charge in [0.2, 0.25) is 0 Å². The van der Waals surface area contributed by atoms with Crippen molar-refractivity contribution in [2.45, 2.75) is 31.7 Å². The van der Waals surface area contributed by atoms with Gasteiger partial charge in [-0.1, -0.05) is 0 Å².